The molecular weight excluding hydrogens is 1220 g/mol. The Balaban J connectivity index is 5.15. The van der Waals surface area contributed by atoms with Crippen LogP contribution in [-0.4, -0.2) is 96.7 Å². The predicted octanol–water partition coefficient (Wildman–Crippen LogP) is 21.7. The third-order valence-corrected chi connectivity index (χ3v) is 19.2. The molecule has 0 spiro atoms. The minimum absolute atomic E-state index is 0.107. The Hall–Kier alpha value is -1.94. The Kier molecular flexibility index (Phi) is 65.9. The zero-order valence-electron chi connectivity index (χ0n) is 60.4. The first-order valence-corrected chi connectivity index (χ1v) is 41.6. The average molecular weight is 1370 g/mol. The maximum atomic E-state index is 13.1. The summed E-state index contributed by atoms with van der Waals surface area (Å²) >= 11 is 0. The summed E-state index contributed by atoms with van der Waals surface area (Å²) < 4.78 is 68.3. The number of hydrogen-bond donors (Lipinski definition) is 3. The molecule has 552 valence electrons. The summed E-state index contributed by atoms with van der Waals surface area (Å²) in [4.78, 5) is 72.5. The normalized spacial score (nSPS) is 14.0. The largest absolute Gasteiger partial charge is 0.472 e. The van der Waals surface area contributed by atoms with Crippen LogP contribution < -0.4 is 0 Å². The van der Waals surface area contributed by atoms with Gasteiger partial charge in [-0.2, -0.15) is 0 Å². The lowest BCUT2D eigenvalue weighted by Crippen LogP contribution is -2.30. The van der Waals surface area contributed by atoms with E-state index in [0.717, 1.165) is 109 Å². The SMILES string of the molecule is CCCCCCCCCCCCCCCC(=O)OC[C@H](COP(=O)(O)OC[C@@H](O)COP(=O)(O)OC[C@@H](COC(=O)CCCCCCCCC)OC(=O)CCCCCCCCCCCCCC)OC(=O)CCCCCCCCCCCCCCCCCCCCC(C)C. The maximum Gasteiger partial charge on any atom is 0.472 e. The van der Waals surface area contributed by atoms with Crippen LogP contribution >= 0.6 is 15.6 Å². The third kappa shape index (κ3) is 68.4. The highest BCUT2D eigenvalue weighted by Crippen LogP contribution is 2.45. The van der Waals surface area contributed by atoms with Crippen LogP contribution in [0.25, 0.3) is 0 Å². The van der Waals surface area contributed by atoms with E-state index in [0.29, 0.717) is 25.7 Å². The van der Waals surface area contributed by atoms with Gasteiger partial charge in [0.15, 0.2) is 12.2 Å². The van der Waals surface area contributed by atoms with E-state index in [1.54, 1.807) is 0 Å². The van der Waals surface area contributed by atoms with Gasteiger partial charge < -0.3 is 33.8 Å². The molecule has 0 rings (SSSR count). The molecule has 2 unspecified atom stereocenters. The summed E-state index contributed by atoms with van der Waals surface area (Å²) in [6, 6.07) is 0. The fourth-order valence-electron chi connectivity index (χ4n) is 11.4. The van der Waals surface area contributed by atoms with Crippen LogP contribution in [0.15, 0.2) is 0 Å². The predicted molar refractivity (Wildman–Crippen MR) is 377 cm³/mol. The summed E-state index contributed by atoms with van der Waals surface area (Å²) in [5.41, 5.74) is 0. The summed E-state index contributed by atoms with van der Waals surface area (Å²) in [6.07, 6.45) is 55.6. The summed E-state index contributed by atoms with van der Waals surface area (Å²) in [7, 11) is -9.90. The van der Waals surface area contributed by atoms with Crippen molar-refractivity contribution < 1.29 is 80.2 Å². The van der Waals surface area contributed by atoms with E-state index in [-0.39, 0.29) is 25.7 Å². The van der Waals surface area contributed by atoms with Gasteiger partial charge in [-0.25, -0.2) is 9.13 Å². The van der Waals surface area contributed by atoms with E-state index in [1.165, 1.54) is 199 Å². The minimum Gasteiger partial charge on any atom is -0.462 e. The zero-order chi connectivity index (χ0) is 68.4. The molecule has 0 fully saturated rings. The molecule has 0 aliphatic rings. The molecule has 17 nitrogen and oxygen atoms in total. The molecule has 5 atom stereocenters. The molecule has 19 heteroatoms. The average Bonchev–Trinajstić information content (AvgIpc) is 1.94. The quantitative estimate of drug-likeness (QED) is 0.0222. The molecule has 0 aromatic rings. The number of hydrogen-bond acceptors (Lipinski definition) is 15. The van der Waals surface area contributed by atoms with Crippen LogP contribution in [-0.2, 0) is 65.4 Å². The van der Waals surface area contributed by atoms with Gasteiger partial charge in [-0.1, -0.05) is 336 Å². The molecular formula is C74H144O17P2. The standard InChI is InChI=1S/C74H144O17P2/c1-6-9-12-15-18-20-22-30-35-38-43-48-53-58-72(77)85-64-70(91-74(79)60-55-50-45-40-36-32-29-27-25-24-26-28-31-33-37-42-46-51-56-67(4)5)66-89-93(82,83)87-62-68(75)61-86-92(80,81)88-65-69(63-84-71(76)57-52-47-41-17-14-11-8-3)90-73(78)59-54-49-44-39-34-23-21-19-16-13-10-7-2/h67-70,75H,6-66H2,1-5H3,(H,80,81)(H,82,83)/t68-,69+,70+/m0/s1. The Labute approximate surface area is 568 Å². The van der Waals surface area contributed by atoms with E-state index in [2.05, 4.69) is 34.6 Å². The van der Waals surface area contributed by atoms with Crippen molar-refractivity contribution in [2.75, 3.05) is 39.6 Å². The van der Waals surface area contributed by atoms with E-state index in [4.69, 9.17) is 37.0 Å². The van der Waals surface area contributed by atoms with Crippen LogP contribution in [0.2, 0.25) is 0 Å². The number of aliphatic hydroxyl groups excluding tert-OH is 1. The van der Waals surface area contributed by atoms with Gasteiger partial charge in [0.05, 0.1) is 26.4 Å². The molecule has 0 saturated heterocycles. The summed E-state index contributed by atoms with van der Waals surface area (Å²) in [6.45, 7) is 7.27. The molecule has 0 amide bonds. The molecule has 0 aliphatic heterocycles. The molecule has 0 saturated carbocycles. The van der Waals surface area contributed by atoms with Crippen LogP contribution in [0.5, 0.6) is 0 Å². The summed E-state index contributed by atoms with van der Waals surface area (Å²) in [5, 5.41) is 10.6. The number of carbonyl (C=O) groups excluding carboxylic acids is 4. The number of rotatable bonds is 74. The molecule has 0 aliphatic carbocycles. The van der Waals surface area contributed by atoms with Gasteiger partial charge in [0.25, 0.3) is 0 Å². The first-order chi connectivity index (χ1) is 45.0. The van der Waals surface area contributed by atoms with Gasteiger partial charge in [-0.3, -0.25) is 37.3 Å². The van der Waals surface area contributed by atoms with Gasteiger partial charge in [-0.15, -0.1) is 0 Å². The minimum atomic E-state index is -4.95. The number of carbonyl (C=O) groups is 4. The van der Waals surface area contributed by atoms with Crippen molar-refractivity contribution in [3.63, 3.8) is 0 Å². The molecule has 0 aromatic carbocycles. The zero-order valence-corrected chi connectivity index (χ0v) is 62.2. The van der Waals surface area contributed by atoms with Crippen molar-refractivity contribution in [1.82, 2.24) is 0 Å². The number of esters is 4. The van der Waals surface area contributed by atoms with Crippen LogP contribution in [0.1, 0.15) is 388 Å². The number of phosphoric acid groups is 2. The lowest BCUT2D eigenvalue weighted by atomic mass is 10.0. The van der Waals surface area contributed by atoms with Crippen molar-refractivity contribution in [2.45, 2.75) is 406 Å². The van der Waals surface area contributed by atoms with E-state index in [9.17, 15) is 43.2 Å². The second-order valence-electron chi connectivity index (χ2n) is 27.2. The van der Waals surface area contributed by atoms with Gasteiger partial charge in [0.2, 0.25) is 0 Å². The highest BCUT2D eigenvalue weighted by atomic mass is 31.2. The first kappa shape index (κ1) is 91.1. The molecule has 93 heavy (non-hydrogen) atoms. The Morgan fingerprint density at radius 2 is 0.495 bits per heavy atom. The highest BCUT2D eigenvalue weighted by molar-refractivity contribution is 7.47. The number of aliphatic hydroxyl groups is 1. The number of ether oxygens (including phenoxy) is 4. The fraction of sp³-hybridized carbons (Fsp3) is 0.946. The molecule has 0 aromatic heterocycles. The fourth-order valence-corrected chi connectivity index (χ4v) is 12.9. The number of phosphoric ester groups is 2. The molecule has 0 radical (unpaired) electrons. The van der Waals surface area contributed by atoms with Crippen LogP contribution in [0, 0.1) is 5.92 Å². The highest BCUT2D eigenvalue weighted by Gasteiger charge is 2.30. The molecule has 0 bridgehead atoms. The lowest BCUT2D eigenvalue weighted by molar-refractivity contribution is -0.161. The molecule has 0 heterocycles. The topological polar surface area (TPSA) is 237 Å². The third-order valence-electron chi connectivity index (χ3n) is 17.3. The van der Waals surface area contributed by atoms with Gasteiger partial charge in [0, 0.05) is 25.7 Å². The van der Waals surface area contributed by atoms with Crippen molar-refractivity contribution in [3.8, 4) is 0 Å². The Morgan fingerprint density at radius 3 is 0.731 bits per heavy atom. The Bertz CT molecular complexity index is 1790. The van der Waals surface area contributed by atoms with E-state index < -0.39 is 97.5 Å². The number of unbranched alkanes of at least 4 members (excludes halogenated alkanes) is 46. The lowest BCUT2D eigenvalue weighted by Gasteiger charge is -2.21. The van der Waals surface area contributed by atoms with E-state index in [1.807, 2.05) is 0 Å². The van der Waals surface area contributed by atoms with Gasteiger partial charge in [0.1, 0.15) is 19.3 Å². The van der Waals surface area contributed by atoms with E-state index >= 15 is 0 Å². The van der Waals surface area contributed by atoms with Gasteiger partial charge in [-0.05, 0) is 31.6 Å². The monoisotopic (exact) mass is 1370 g/mol. The second kappa shape index (κ2) is 67.3. The molecule has 3 N–H and O–H groups in total. The maximum absolute atomic E-state index is 13.1. The smallest absolute Gasteiger partial charge is 0.462 e. The van der Waals surface area contributed by atoms with Crippen molar-refractivity contribution in [1.29, 1.82) is 0 Å². The van der Waals surface area contributed by atoms with Crippen molar-refractivity contribution >= 4 is 39.5 Å². The van der Waals surface area contributed by atoms with Gasteiger partial charge >= 0.3 is 39.5 Å². The van der Waals surface area contributed by atoms with Crippen LogP contribution in [0.4, 0.5) is 0 Å². The Morgan fingerprint density at radius 1 is 0.290 bits per heavy atom. The van der Waals surface area contributed by atoms with Crippen molar-refractivity contribution in [3.05, 3.63) is 0 Å². The van der Waals surface area contributed by atoms with Crippen LogP contribution in [0.3, 0.4) is 0 Å². The second-order valence-corrected chi connectivity index (χ2v) is 30.1. The summed E-state index contributed by atoms with van der Waals surface area (Å²) in [5.74, 6) is -1.30. The van der Waals surface area contributed by atoms with Crippen molar-refractivity contribution in [2.24, 2.45) is 5.92 Å². The first-order valence-electron chi connectivity index (χ1n) is 38.6.